The maximum atomic E-state index is 6.05. The average Bonchev–Trinajstić information content (AvgIpc) is 2.85. The number of hydrogen-bond donors (Lipinski definition) is 1. The van der Waals surface area contributed by atoms with Gasteiger partial charge in [0, 0.05) is 16.5 Å². The lowest BCUT2D eigenvalue weighted by molar-refractivity contribution is 0.340. The largest absolute Gasteiger partial charge is 0.494 e. The van der Waals surface area contributed by atoms with Crippen molar-refractivity contribution in [2.75, 3.05) is 6.61 Å². The predicted octanol–water partition coefficient (Wildman–Crippen LogP) is 4.18. The molecule has 3 nitrogen and oxygen atoms in total. The number of aryl methyl sites for hydroxylation is 1. The van der Waals surface area contributed by atoms with E-state index in [2.05, 4.69) is 19.1 Å². The molecule has 0 spiro atoms. The van der Waals surface area contributed by atoms with Gasteiger partial charge in [0.1, 0.15) is 10.8 Å². The summed E-state index contributed by atoms with van der Waals surface area (Å²) in [5.74, 6) is 0.897. The van der Waals surface area contributed by atoms with Crippen molar-refractivity contribution in [1.29, 1.82) is 0 Å². The Morgan fingerprint density at radius 3 is 2.50 bits per heavy atom. The van der Waals surface area contributed by atoms with E-state index in [4.69, 9.17) is 15.5 Å². The standard InChI is InChI=1S/C16H22N2OS/c1-4-6-14-15(11(3)17)20-16(18-14)12-7-9-13(10-8-12)19-5-2/h7-11H,4-6,17H2,1-3H3. The average molecular weight is 290 g/mol. The molecular formula is C16H22N2OS. The molecule has 0 saturated carbocycles. The van der Waals surface area contributed by atoms with Crippen LogP contribution in [0, 0.1) is 0 Å². The first-order chi connectivity index (χ1) is 9.65. The second-order valence-corrected chi connectivity index (χ2v) is 5.86. The highest BCUT2D eigenvalue weighted by molar-refractivity contribution is 7.15. The van der Waals surface area contributed by atoms with Crippen molar-refractivity contribution in [1.82, 2.24) is 4.98 Å². The summed E-state index contributed by atoms with van der Waals surface area (Å²) in [6.07, 6.45) is 2.08. The number of rotatable bonds is 6. The highest BCUT2D eigenvalue weighted by atomic mass is 32.1. The third-order valence-corrected chi connectivity index (χ3v) is 4.39. The van der Waals surface area contributed by atoms with Crippen LogP contribution in [0.25, 0.3) is 10.6 Å². The second-order valence-electron chi connectivity index (χ2n) is 4.83. The number of nitrogens with two attached hydrogens (primary N) is 1. The summed E-state index contributed by atoms with van der Waals surface area (Å²) < 4.78 is 5.47. The molecule has 1 aromatic carbocycles. The normalized spacial score (nSPS) is 12.4. The summed E-state index contributed by atoms with van der Waals surface area (Å²) in [7, 11) is 0. The Labute approximate surface area is 124 Å². The minimum Gasteiger partial charge on any atom is -0.494 e. The molecule has 0 aliphatic carbocycles. The van der Waals surface area contributed by atoms with E-state index in [0.29, 0.717) is 6.61 Å². The molecule has 0 bridgehead atoms. The van der Waals surface area contributed by atoms with E-state index >= 15 is 0 Å². The Bertz CT molecular complexity index is 546. The molecule has 0 aliphatic rings. The zero-order valence-corrected chi connectivity index (χ0v) is 13.2. The molecule has 0 aliphatic heterocycles. The summed E-state index contributed by atoms with van der Waals surface area (Å²) in [5, 5.41) is 1.05. The number of nitrogens with zero attached hydrogens (tertiary/aromatic N) is 1. The number of aromatic nitrogens is 1. The Kier molecular flexibility index (Phi) is 5.15. The molecule has 2 aromatic rings. The highest BCUT2D eigenvalue weighted by Gasteiger charge is 2.14. The van der Waals surface area contributed by atoms with Crippen LogP contribution in [0.5, 0.6) is 5.75 Å². The lowest BCUT2D eigenvalue weighted by Crippen LogP contribution is -2.05. The van der Waals surface area contributed by atoms with Crippen molar-refractivity contribution in [2.45, 2.75) is 39.7 Å². The number of thiazole rings is 1. The smallest absolute Gasteiger partial charge is 0.123 e. The van der Waals surface area contributed by atoms with Gasteiger partial charge in [-0.2, -0.15) is 0 Å². The van der Waals surface area contributed by atoms with Gasteiger partial charge in [0.05, 0.1) is 12.3 Å². The summed E-state index contributed by atoms with van der Waals surface area (Å²) >= 11 is 1.70. The molecular weight excluding hydrogens is 268 g/mol. The van der Waals surface area contributed by atoms with Crippen LogP contribution < -0.4 is 10.5 Å². The van der Waals surface area contributed by atoms with Crippen molar-refractivity contribution in [2.24, 2.45) is 5.73 Å². The molecule has 1 heterocycles. The minimum atomic E-state index is 0.0468. The van der Waals surface area contributed by atoms with Crippen LogP contribution in [0.1, 0.15) is 43.8 Å². The van der Waals surface area contributed by atoms with E-state index in [1.165, 1.54) is 4.88 Å². The van der Waals surface area contributed by atoms with E-state index in [9.17, 15) is 0 Å². The number of ether oxygens (including phenoxy) is 1. The first kappa shape index (κ1) is 15.0. The molecule has 1 atom stereocenters. The summed E-state index contributed by atoms with van der Waals surface area (Å²) in [5.41, 5.74) is 8.33. The first-order valence-electron chi connectivity index (χ1n) is 7.14. The maximum absolute atomic E-state index is 6.05. The van der Waals surface area contributed by atoms with Crippen molar-refractivity contribution >= 4 is 11.3 Å². The first-order valence-corrected chi connectivity index (χ1v) is 7.95. The van der Waals surface area contributed by atoms with E-state index in [-0.39, 0.29) is 6.04 Å². The van der Waals surface area contributed by atoms with Crippen LogP contribution in [0.3, 0.4) is 0 Å². The molecule has 4 heteroatoms. The van der Waals surface area contributed by atoms with Gasteiger partial charge in [-0.15, -0.1) is 11.3 Å². The minimum absolute atomic E-state index is 0.0468. The van der Waals surface area contributed by atoms with Gasteiger partial charge in [-0.3, -0.25) is 0 Å². The van der Waals surface area contributed by atoms with Crippen LogP contribution in [0.4, 0.5) is 0 Å². The van der Waals surface area contributed by atoms with Crippen LogP contribution in [0.15, 0.2) is 24.3 Å². The fourth-order valence-corrected chi connectivity index (χ4v) is 3.19. The van der Waals surface area contributed by atoms with Crippen molar-refractivity contribution in [3.05, 3.63) is 34.8 Å². The fourth-order valence-electron chi connectivity index (χ4n) is 2.12. The quantitative estimate of drug-likeness (QED) is 0.868. The molecule has 108 valence electrons. The number of benzene rings is 1. The van der Waals surface area contributed by atoms with Gasteiger partial charge in [-0.25, -0.2) is 4.98 Å². The molecule has 2 N–H and O–H groups in total. The molecule has 0 radical (unpaired) electrons. The fraction of sp³-hybridized carbons (Fsp3) is 0.438. The Morgan fingerprint density at radius 2 is 1.95 bits per heavy atom. The highest BCUT2D eigenvalue weighted by Crippen LogP contribution is 2.32. The van der Waals surface area contributed by atoms with Crippen LogP contribution >= 0.6 is 11.3 Å². The van der Waals surface area contributed by atoms with E-state index in [1.54, 1.807) is 11.3 Å². The maximum Gasteiger partial charge on any atom is 0.123 e. The Balaban J connectivity index is 2.29. The molecule has 20 heavy (non-hydrogen) atoms. The molecule has 0 saturated heterocycles. The Hall–Kier alpha value is -1.39. The summed E-state index contributed by atoms with van der Waals surface area (Å²) in [6.45, 7) is 6.86. The Morgan fingerprint density at radius 1 is 1.25 bits per heavy atom. The number of hydrogen-bond acceptors (Lipinski definition) is 4. The monoisotopic (exact) mass is 290 g/mol. The molecule has 0 amide bonds. The van der Waals surface area contributed by atoms with Crippen molar-refractivity contribution < 1.29 is 4.74 Å². The summed E-state index contributed by atoms with van der Waals surface area (Å²) in [4.78, 5) is 5.97. The van der Waals surface area contributed by atoms with Gasteiger partial charge in [-0.05, 0) is 44.5 Å². The topological polar surface area (TPSA) is 48.1 Å². The second kappa shape index (κ2) is 6.86. The van der Waals surface area contributed by atoms with Gasteiger partial charge in [-0.1, -0.05) is 13.3 Å². The molecule has 1 unspecified atom stereocenters. The van der Waals surface area contributed by atoms with E-state index in [1.807, 2.05) is 26.0 Å². The lowest BCUT2D eigenvalue weighted by atomic mass is 10.1. The molecule has 2 rings (SSSR count). The molecule has 1 aromatic heterocycles. The SMILES string of the molecule is CCCc1nc(-c2ccc(OCC)cc2)sc1C(C)N. The van der Waals surface area contributed by atoms with Gasteiger partial charge < -0.3 is 10.5 Å². The van der Waals surface area contributed by atoms with Crippen LogP contribution in [-0.4, -0.2) is 11.6 Å². The zero-order chi connectivity index (χ0) is 14.5. The predicted molar refractivity (Wildman–Crippen MR) is 85.3 cm³/mol. The van der Waals surface area contributed by atoms with Gasteiger partial charge in [0.2, 0.25) is 0 Å². The summed E-state index contributed by atoms with van der Waals surface area (Å²) in [6, 6.07) is 8.15. The van der Waals surface area contributed by atoms with E-state index in [0.717, 1.165) is 34.9 Å². The lowest BCUT2D eigenvalue weighted by Gasteiger charge is -2.03. The third-order valence-electron chi connectivity index (χ3n) is 3.04. The van der Waals surface area contributed by atoms with Crippen LogP contribution in [0.2, 0.25) is 0 Å². The zero-order valence-electron chi connectivity index (χ0n) is 12.3. The van der Waals surface area contributed by atoms with Gasteiger partial charge in [0.15, 0.2) is 0 Å². The van der Waals surface area contributed by atoms with E-state index < -0.39 is 0 Å². The molecule has 0 fully saturated rings. The van der Waals surface area contributed by atoms with Crippen molar-refractivity contribution in [3.8, 4) is 16.3 Å². The van der Waals surface area contributed by atoms with Crippen molar-refractivity contribution in [3.63, 3.8) is 0 Å². The van der Waals surface area contributed by atoms with Crippen LogP contribution in [-0.2, 0) is 6.42 Å². The van der Waals surface area contributed by atoms with Gasteiger partial charge >= 0.3 is 0 Å². The van der Waals surface area contributed by atoms with Gasteiger partial charge in [0.25, 0.3) is 0 Å². The third kappa shape index (κ3) is 3.38.